The Morgan fingerprint density at radius 3 is 2.08 bits per heavy atom. The first-order chi connectivity index (χ1) is 11.1. The normalized spacial score (nSPS) is 16.0. The van der Waals surface area contributed by atoms with Crippen LogP contribution < -0.4 is 5.32 Å². The zero-order chi connectivity index (χ0) is 18.9. The predicted molar refractivity (Wildman–Crippen MR) is 89.3 cm³/mol. The average Bonchev–Trinajstić information content (AvgIpc) is 2.44. The Morgan fingerprint density at radius 1 is 1.08 bits per heavy atom. The maximum Gasteiger partial charge on any atom is 0.410 e. The van der Waals surface area contributed by atoms with E-state index >= 15 is 0 Å². The van der Waals surface area contributed by atoms with E-state index in [1.807, 2.05) is 13.8 Å². The van der Waals surface area contributed by atoms with Gasteiger partial charge in [-0.05, 0) is 11.8 Å². The summed E-state index contributed by atoms with van der Waals surface area (Å²) in [7, 11) is 0. The Balaban J connectivity index is 4.90. The number of aliphatic carboxylic acids is 1. The van der Waals surface area contributed by atoms with Gasteiger partial charge in [0.05, 0.1) is 6.42 Å². The van der Waals surface area contributed by atoms with Gasteiger partial charge in [0.25, 0.3) is 6.29 Å². The van der Waals surface area contributed by atoms with Gasteiger partial charge in [0.2, 0.25) is 0 Å². The summed E-state index contributed by atoms with van der Waals surface area (Å²) in [6, 6.07) is -0.554. The van der Waals surface area contributed by atoms with Crippen LogP contribution in [0.15, 0.2) is 0 Å². The topological polar surface area (TPSA) is 102 Å². The standard InChI is InChI=1S/C17H31NO6/c1-7-8-11(4)12(5)14(9-15(20)21)18-17(22)24-16(10(2)3)23-13(6)19/h10-12,14,16H,7-9H2,1-6H3,(H,18,22)(H,20,21)/t11-,12-,14+,16-/m1/s1. The molecule has 0 rings (SSSR count). The van der Waals surface area contributed by atoms with Crippen molar-refractivity contribution in [1.82, 2.24) is 5.32 Å². The number of carbonyl (C=O) groups excluding carboxylic acids is 2. The number of alkyl carbamates (subject to hydrolysis) is 1. The third-order valence-corrected chi connectivity index (χ3v) is 4.02. The summed E-state index contributed by atoms with van der Waals surface area (Å²) in [6.07, 6.45) is -0.0501. The number of carboxylic acids is 1. The molecule has 24 heavy (non-hydrogen) atoms. The van der Waals surface area contributed by atoms with Crippen molar-refractivity contribution in [3.63, 3.8) is 0 Å². The lowest BCUT2D eigenvalue weighted by Gasteiger charge is -2.29. The van der Waals surface area contributed by atoms with E-state index in [4.69, 9.17) is 14.6 Å². The van der Waals surface area contributed by atoms with Crippen LogP contribution in [-0.2, 0) is 19.1 Å². The zero-order valence-corrected chi connectivity index (χ0v) is 15.5. The van der Waals surface area contributed by atoms with Gasteiger partial charge in [0, 0.05) is 18.9 Å². The third-order valence-electron chi connectivity index (χ3n) is 4.02. The summed E-state index contributed by atoms with van der Waals surface area (Å²) >= 11 is 0. The van der Waals surface area contributed by atoms with E-state index in [-0.39, 0.29) is 24.2 Å². The minimum Gasteiger partial charge on any atom is -0.481 e. The maximum atomic E-state index is 12.1. The predicted octanol–water partition coefficient (Wildman–Crippen LogP) is 3.17. The largest absolute Gasteiger partial charge is 0.481 e. The molecule has 7 heteroatoms. The van der Waals surface area contributed by atoms with E-state index < -0.39 is 30.4 Å². The Morgan fingerprint density at radius 2 is 1.67 bits per heavy atom. The van der Waals surface area contributed by atoms with Crippen molar-refractivity contribution in [2.24, 2.45) is 17.8 Å². The molecule has 0 aliphatic heterocycles. The van der Waals surface area contributed by atoms with Crippen molar-refractivity contribution in [3.05, 3.63) is 0 Å². The molecule has 0 spiro atoms. The number of carbonyl (C=O) groups is 3. The van der Waals surface area contributed by atoms with Crippen LogP contribution in [0.4, 0.5) is 4.79 Å². The number of nitrogens with one attached hydrogen (secondary N) is 1. The SMILES string of the molecule is CCC[C@@H](C)[C@@H](C)[C@H](CC(=O)O)NC(=O)O[C@@H](OC(C)=O)C(C)C. The summed E-state index contributed by atoms with van der Waals surface area (Å²) in [6.45, 7) is 10.7. The third kappa shape index (κ3) is 8.74. The second-order valence-electron chi connectivity index (χ2n) is 6.60. The lowest BCUT2D eigenvalue weighted by atomic mass is 9.84. The zero-order valence-electron chi connectivity index (χ0n) is 15.5. The van der Waals surface area contributed by atoms with Crippen molar-refractivity contribution in [3.8, 4) is 0 Å². The molecule has 0 aromatic heterocycles. The van der Waals surface area contributed by atoms with Crippen LogP contribution in [0.3, 0.4) is 0 Å². The fourth-order valence-electron chi connectivity index (χ4n) is 2.42. The fourth-order valence-corrected chi connectivity index (χ4v) is 2.42. The first kappa shape index (κ1) is 22.2. The molecule has 140 valence electrons. The monoisotopic (exact) mass is 345 g/mol. The molecule has 0 aliphatic carbocycles. The van der Waals surface area contributed by atoms with Gasteiger partial charge in [-0.1, -0.05) is 47.5 Å². The highest BCUT2D eigenvalue weighted by Crippen LogP contribution is 2.22. The smallest absolute Gasteiger partial charge is 0.410 e. The summed E-state index contributed by atoms with van der Waals surface area (Å²) in [5.41, 5.74) is 0. The van der Waals surface area contributed by atoms with Gasteiger partial charge >= 0.3 is 18.0 Å². The number of rotatable bonds is 10. The molecule has 0 aromatic rings. The van der Waals surface area contributed by atoms with Crippen LogP contribution in [-0.4, -0.2) is 35.5 Å². The van der Waals surface area contributed by atoms with Gasteiger partial charge in [-0.2, -0.15) is 0 Å². The average molecular weight is 345 g/mol. The van der Waals surface area contributed by atoms with E-state index in [1.54, 1.807) is 13.8 Å². The summed E-state index contributed by atoms with van der Waals surface area (Å²) in [5, 5.41) is 11.7. The number of amides is 1. The van der Waals surface area contributed by atoms with Gasteiger partial charge in [0.1, 0.15) is 0 Å². The molecule has 0 unspecified atom stereocenters. The first-order valence-corrected chi connectivity index (χ1v) is 8.44. The van der Waals surface area contributed by atoms with Crippen LogP contribution in [0, 0.1) is 17.8 Å². The molecule has 0 saturated heterocycles. The molecule has 0 saturated carbocycles. The molecular weight excluding hydrogens is 314 g/mol. The van der Waals surface area contributed by atoms with Gasteiger partial charge in [-0.15, -0.1) is 0 Å². The summed E-state index contributed by atoms with van der Waals surface area (Å²) in [5.74, 6) is -1.52. The molecule has 0 heterocycles. The molecule has 0 fully saturated rings. The van der Waals surface area contributed by atoms with Crippen LogP contribution >= 0.6 is 0 Å². The van der Waals surface area contributed by atoms with Crippen LogP contribution in [0.1, 0.15) is 60.8 Å². The van der Waals surface area contributed by atoms with Crippen LogP contribution in [0.5, 0.6) is 0 Å². The molecule has 4 atom stereocenters. The number of hydrogen-bond donors (Lipinski definition) is 2. The highest BCUT2D eigenvalue weighted by Gasteiger charge is 2.28. The molecule has 0 aromatic carbocycles. The van der Waals surface area contributed by atoms with Gasteiger partial charge in [-0.25, -0.2) is 4.79 Å². The number of carboxylic acid groups (broad SMARTS) is 1. The van der Waals surface area contributed by atoms with Crippen molar-refractivity contribution in [1.29, 1.82) is 0 Å². The lowest BCUT2D eigenvalue weighted by molar-refractivity contribution is -0.172. The van der Waals surface area contributed by atoms with Crippen molar-refractivity contribution in [2.75, 3.05) is 0 Å². The maximum absolute atomic E-state index is 12.1. The first-order valence-electron chi connectivity index (χ1n) is 8.44. The Hall–Kier alpha value is -1.79. The van der Waals surface area contributed by atoms with Crippen LogP contribution in [0.25, 0.3) is 0 Å². The summed E-state index contributed by atoms with van der Waals surface area (Å²) < 4.78 is 10.1. The minimum absolute atomic E-state index is 0.0279. The highest BCUT2D eigenvalue weighted by molar-refractivity contribution is 5.72. The lowest BCUT2D eigenvalue weighted by Crippen LogP contribution is -2.45. The van der Waals surface area contributed by atoms with Crippen molar-refractivity contribution in [2.45, 2.75) is 73.1 Å². The Bertz CT molecular complexity index is 423. The molecule has 0 bridgehead atoms. The Labute approximate surface area is 144 Å². The Kier molecular flexibility index (Phi) is 10.1. The second kappa shape index (κ2) is 10.9. The molecule has 7 nitrogen and oxygen atoms in total. The molecular formula is C17H31NO6. The van der Waals surface area contributed by atoms with E-state index in [1.165, 1.54) is 6.92 Å². The van der Waals surface area contributed by atoms with E-state index in [0.717, 1.165) is 12.8 Å². The highest BCUT2D eigenvalue weighted by atomic mass is 16.7. The van der Waals surface area contributed by atoms with Crippen LogP contribution in [0.2, 0.25) is 0 Å². The van der Waals surface area contributed by atoms with Crippen molar-refractivity contribution >= 4 is 18.0 Å². The minimum atomic E-state index is -1.00. The van der Waals surface area contributed by atoms with E-state index in [2.05, 4.69) is 12.2 Å². The van der Waals surface area contributed by atoms with E-state index in [9.17, 15) is 14.4 Å². The second-order valence-corrected chi connectivity index (χ2v) is 6.60. The van der Waals surface area contributed by atoms with Crippen molar-refractivity contribution < 1.29 is 29.0 Å². The number of esters is 1. The van der Waals surface area contributed by atoms with Gasteiger partial charge < -0.3 is 19.9 Å². The quantitative estimate of drug-likeness (QED) is 0.466. The molecule has 0 radical (unpaired) electrons. The molecule has 0 aliphatic rings. The molecule has 2 N–H and O–H groups in total. The van der Waals surface area contributed by atoms with E-state index in [0.29, 0.717) is 0 Å². The number of hydrogen-bond acceptors (Lipinski definition) is 5. The fraction of sp³-hybridized carbons (Fsp3) is 0.824. The number of ether oxygens (including phenoxy) is 2. The molecule has 1 amide bonds. The van der Waals surface area contributed by atoms with Gasteiger partial charge in [0.15, 0.2) is 0 Å². The summed E-state index contributed by atoms with van der Waals surface area (Å²) in [4.78, 5) is 34.3. The van der Waals surface area contributed by atoms with Gasteiger partial charge in [-0.3, -0.25) is 9.59 Å².